The van der Waals surface area contributed by atoms with Crippen molar-refractivity contribution < 1.29 is 22.0 Å². The fourth-order valence-electron chi connectivity index (χ4n) is 2.45. The van der Waals surface area contributed by atoms with Crippen LogP contribution in [-0.4, -0.2) is 51.2 Å². The molecule has 2 rings (SSSR count). The first-order valence-electron chi connectivity index (χ1n) is 7.47. The lowest BCUT2D eigenvalue weighted by Gasteiger charge is -2.19. The van der Waals surface area contributed by atoms with Crippen LogP contribution in [0.25, 0.3) is 0 Å². The molecule has 0 bridgehead atoms. The number of halogens is 3. The summed E-state index contributed by atoms with van der Waals surface area (Å²) in [6.07, 6.45) is -0.541. The Hall–Kier alpha value is -1.29. The maximum absolute atomic E-state index is 13.2. The second-order valence-corrected chi connectivity index (χ2v) is 8.24. The first-order valence-corrected chi connectivity index (χ1v) is 8.91. The summed E-state index contributed by atoms with van der Waals surface area (Å²) < 4.78 is 51.7. The van der Waals surface area contributed by atoms with E-state index in [4.69, 9.17) is 0 Å². The number of nitrogens with zero attached hydrogens (tertiary/aromatic N) is 1. The fourth-order valence-corrected chi connectivity index (χ4v) is 3.41. The van der Waals surface area contributed by atoms with Gasteiger partial charge in [0.1, 0.15) is 0 Å². The van der Waals surface area contributed by atoms with Gasteiger partial charge in [0, 0.05) is 20.5 Å². The van der Waals surface area contributed by atoms with E-state index in [2.05, 4.69) is 10.6 Å². The highest BCUT2D eigenvalue weighted by Crippen LogP contribution is 2.26. The van der Waals surface area contributed by atoms with Crippen LogP contribution in [0.15, 0.2) is 29.2 Å². The highest BCUT2D eigenvalue weighted by atomic mass is 35.5. The summed E-state index contributed by atoms with van der Waals surface area (Å²) in [4.78, 5) is 12.2. The summed E-state index contributed by atoms with van der Waals surface area (Å²) in [6.45, 7) is 1.16. The Morgan fingerprint density at radius 1 is 1.40 bits per heavy atom. The Kier molecular flexibility index (Phi) is 6.91. The molecule has 1 fully saturated rings. The topological polar surface area (TPSA) is 78.5 Å². The monoisotopic (exact) mass is 397 g/mol. The van der Waals surface area contributed by atoms with Crippen LogP contribution in [0.4, 0.5) is 8.78 Å². The van der Waals surface area contributed by atoms with E-state index < -0.39 is 46.9 Å². The van der Waals surface area contributed by atoms with Gasteiger partial charge in [-0.2, -0.15) is 0 Å². The maximum Gasteiger partial charge on any atom is 0.262 e. The number of carbonyl (C=O) groups excluding carboxylic acids is 1. The zero-order valence-corrected chi connectivity index (χ0v) is 15.8. The van der Waals surface area contributed by atoms with Crippen molar-refractivity contribution in [1.82, 2.24) is 14.9 Å². The number of sulfonamides is 1. The molecule has 2 atom stereocenters. The van der Waals surface area contributed by atoms with E-state index in [1.807, 2.05) is 0 Å². The highest BCUT2D eigenvalue weighted by Gasteiger charge is 2.42. The Labute approximate surface area is 152 Å². The van der Waals surface area contributed by atoms with Gasteiger partial charge < -0.3 is 5.32 Å². The molecule has 1 amide bonds. The molecule has 1 saturated heterocycles. The normalized spacial score (nSPS) is 20.8. The predicted octanol–water partition coefficient (Wildman–Crippen LogP) is 1.53. The van der Waals surface area contributed by atoms with Gasteiger partial charge in [0.2, 0.25) is 15.9 Å². The largest absolute Gasteiger partial charge is 0.348 e. The number of alkyl halides is 2. The van der Waals surface area contributed by atoms with Gasteiger partial charge >= 0.3 is 0 Å². The molecule has 25 heavy (non-hydrogen) atoms. The van der Waals surface area contributed by atoms with Crippen molar-refractivity contribution in [1.29, 1.82) is 0 Å². The van der Waals surface area contributed by atoms with Gasteiger partial charge in [0.15, 0.2) is 0 Å². The molecule has 1 aromatic carbocycles. The first kappa shape index (κ1) is 21.8. The number of nitrogens with one attached hydrogen (secondary N) is 2. The molecule has 1 aliphatic heterocycles. The zero-order chi connectivity index (χ0) is 18.1. The van der Waals surface area contributed by atoms with Crippen LogP contribution in [0.2, 0.25) is 0 Å². The van der Waals surface area contributed by atoms with E-state index in [0.717, 1.165) is 4.31 Å². The van der Waals surface area contributed by atoms with Gasteiger partial charge in [-0.15, -0.1) is 12.4 Å². The third-order valence-corrected chi connectivity index (χ3v) is 5.73. The van der Waals surface area contributed by atoms with E-state index in [0.29, 0.717) is 5.56 Å². The Morgan fingerprint density at radius 2 is 2.04 bits per heavy atom. The molecule has 6 nitrogen and oxygen atoms in total. The molecular formula is C15H22ClF2N3O3S. The van der Waals surface area contributed by atoms with Gasteiger partial charge in [0.25, 0.3) is 5.92 Å². The molecule has 0 aliphatic carbocycles. The molecular weight excluding hydrogens is 376 g/mol. The fraction of sp³-hybridized carbons (Fsp3) is 0.533. The lowest BCUT2D eigenvalue weighted by Crippen LogP contribution is -2.41. The summed E-state index contributed by atoms with van der Waals surface area (Å²) in [5.41, 5.74) is 0.580. The average Bonchev–Trinajstić information content (AvgIpc) is 2.87. The third kappa shape index (κ3) is 5.10. The number of hydrogen-bond donors (Lipinski definition) is 2. The Balaban J connectivity index is 0.00000312. The summed E-state index contributed by atoms with van der Waals surface area (Å²) in [6, 6.07) is 4.73. The van der Waals surface area contributed by atoms with E-state index in [1.165, 1.54) is 26.2 Å². The SMILES string of the molecule is CC(NC(=O)C1CC(F)(F)CN1)c1cccc(S(=O)(=O)N(C)C)c1.Cl. The molecule has 142 valence electrons. The number of amides is 1. The van der Waals surface area contributed by atoms with E-state index in [9.17, 15) is 22.0 Å². The summed E-state index contributed by atoms with van der Waals surface area (Å²) in [5, 5.41) is 5.13. The van der Waals surface area contributed by atoms with Gasteiger partial charge in [-0.05, 0) is 24.6 Å². The molecule has 2 unspecified atom stereocenters. The molecule has 0 radical (unpaired) electrons. The van der Waals surface area contributed by atoms with E-state index >= 15 is 0 Å². The Bertz CT molecular complexity index is 728. The van der Waals surface area contributed by atoms with Crippen molar-refractivity contribution in [3.63, 3.8) is 0 Å². The molecule has 0 saturated carbocycles. The van der Waals surface area contributed by atoms with Crippen molar-refractivity contribution in [3.05, 3.63) is 29.8 Å². The molecule has 1 aliphatic rings. The van der Waals surface area contributed by atoms with Crippen molar-refractivity contribution in [2.24, 2.45) is 0 Å². The van der Waals surface area contributed by atoms with Crippen molar-refractivity contribution >= 4 is 28.3 Å². The minimum absolute atomic E-state index is 0. The molecule has 1 aromatic rings. The van der Waals surface area contributed by atoms with Crippen molar-refractivity contribution in [2.75, 3.05) is 20.6 Å². The summed E-state index contributed by atoms with van der Waals surface area (Å²) in [7, 11) is -0.724. The highest BCUT2D eigenvalue weighted by molar-refractivity contribution is 7.89. The number of hydrogen-bond acceptors (Lipinski definition) is 4. The quantitative estimate of drug-likeness (QED) is 0.789. The molecule has 0 aromatic heterocycles. The van der Waals surface area contributed by atoms with Crippen LogP contribution in [0.1, 0.15) is 24.9 Å². The van der Waals surface area contributed by atoms with Gasteiger partial charge in [-0.3, -0.25) is 10.1 Å². The smallest absolute Gasteiger partial charge is 0.262 e. The third-order valence-electron chi connectivity index (χ3n) is 3.92. The second kappa shape index (κ2) is 7.94. The molecule has 2 N–H and O–H groups in total. The zero-order valence-electron chi connectivity index (χ0n) is 14.1. The number of rotatable bonds is 5. The van der Waals surface area contributed by atoms with Crippen LogP contribution < -0.4 is 10.6 Å². The standard InChI is InChI=1S/C15H21F2N3O3S.ClH/c1-10(19-14(21)13-8-15(16,17)9-18-13)11-5-4-6-12(7-11)24(22,23)20(2)3;/h4-7,10,13,18H,8-9H2,1-3H3,(H,19,21);1H. The van der Waals surface area contributed by atoms with Gasteiger partial charge in [-0.1, -0.05) is 12.1 Å². The van der Waals surface area contributed by atoms with E-state index in [-0.39, 0.29) is 17.3 Å². The maximum atomic E-state index is 13.2. The van der Waals surface area contributed by atoms with Crippen LogP contribution in [-0.2, 0) is 14.8 Å². The van der Waals surface area contributed by atoms with E-state index in [1.54, 1.807) is 19.1 Å². The summed E-state index contributed by atoms with van der Waals surface area (Å²) in [5.74, 6) is -3.41. The number of carbonyl (C=O) groups is 1. The van der Waals surface area contributed by atoms with Crippen molar-refractivity contribution in [3.8, 4) is 0 Å². The van der Waals surface area contributed by atoms with Gasteiger partial charge in [-0.25, -0.2) is 21.5 Å². The second-order valence-electron chi connectivity index (χ2n) is 6.08. The van der Waals surface area contributed by atoms with Crippen LogP contribution in [0.3, 0.4) is 0 Å². The Morgan fingerprint density at radius 3 is 2.56 bits per heavy atom. The molecule has 10 heteroatoms. The average molecular weight is 398 g/mol. The molecule has 1 heterocycles. The summed E-state index contributed by atoms with van der Waals surface area (Å²) >= 11 is 0. The van der Waals surface area contributed by atoms with Gasteiger partial charge in [0.05, 0.1) is 23.5 Å². The predicted molar refractivity (Wildman–Crippen MR) is 92.5 cm³/mol. The van der Waals surface area contributed by atoms with Crippen LogP contribution in [0, 0.1) is 0 Å². The number of benzene rings is 1. The first-order chi connectivity index (χ1) is 11.0. The van der Waals surface area contributed by atoms with Crippen LogP contribution >= 0.6 is 12.4 Å². The lowest BCUT2D eigenvalue weighted by atomic mass is 10.1. The molecule has 0 spiro atoms. The van der Waals surface area contributed by atoms with Crippen molar-refractivity contribution in [2.45, 2.75) is 36.2 Å². The minimum atomic E-state index is -3.58. The minimum Gasteiger partial charge on any atom is -0.348 e. The lowest BCUT2D eigenvalue weighted by molar-refractivity contribution is -0.124. The van der Waals surface area contributed by atoms with Crippen LogP contribution in [0.5, 0.6) is 0 Å².